The van der Waals surface area contributed by atoms with Crippen molar-refractivity contribution >= 4 is 23.2 Å². The first-order valence-corrected chi connectivity index (χ1v) is 6.46. The predicted octanol–water partition coefficient (Wildman–Crippen LogP) is 4.30. The van der Waals surface area contributed by atoms with Crippen LogP contribution in [-0.2, 0) is 6.42 Å². The number of nitrogens with two attached hydrogens (primary N) is 1. The molecule has 0 saturated carbocycles. The molecule has 1 aromatic rings. The van der Waals surface area contributed by atoms with E-state index in [9.17, 15) is 0 Å². The van der Waals surface area contributed by atoms with Gasteiger partial charge in [0.1, 0.15) is 0 Å². The van der Waals surface area contributed by atoms with E-state index in [1.54, 1.807) is 0 Å². The lowest BCUT2D eigenvalue weighted by molar-refractivity contribution is 0.452. The normalized spacial score (nSPS) is 13.1. The molecule has 3 heteroatoms. The van der Waals surface area contributed by atoms with Crippen molar-refractivity contribution in [3.63, 3.8) is 0 Å². The summed E-state index contributed by atoms with van der Waals surface area (Å²) >= 11 is 12.0. The summed E-state index contributed by atoms with van der Waals surface area (Å²) in [4.78, 5) is 0. The van der Waals surface area contributed by atoms with Gasteiger partial charge >= 0.3 is 0 Å². The van der Waals surface area contributed by atoms with Gasteiger partial charge in [-0.1, -0.05) is 37.0 Å². The second-order valence-electron chi connectivity index (χ2n) is 4.54. The van der Waals surface area contributed by atoms with Crippen LogP contribution in [-0.4, -0.2) is 6.04 Å². The van der Waals surface area contributed by atoms with E-state index in [4.69, 9.17) is 28.9 Å². The quantitative estimate of drug-likeness (QED) is 0.839. The number of aryl methyl sites for hydroxylation is 1. The molecular weight excluding hydrogens is 241 g/mol. The van der Waals surface area contributed by atoms with Crippen molar-refractivity contribution < 1.29 is 0 Å². The summed E-state index contributed by atoms with van der Waals surface area (Å²) in [6, 6.07) is 5.87. The van der Waals surface area contributed by atoms with E-state index in [1.807, 2.05) is 18.2 Å². The van der Waals surface area contributed by atoms with Crippen LogP contribution >= 0.6 is 23.2 Å². The largest absolute Gasteiger partial charge is 0.327 e. The molecule has 0 aliphatic carbocycles. The Morgan fingerprint density at radius 1 is 1.25 bits per heavy atom. The Hall–Kier alpha value is -0.240. The van der Waals surface area contributed by atoms with Crippen LogP contribution in [0.15, 0.2) is 18.2 Å². The van der Waals surface area contributed by atoms with E-state index < -0.39 is 0 Å². The van der Waals surface area contributed by atoms with Crippen LogP contribution in [0.1, 0.15) is 32.3 Å². The topological polar surface area (TPSA) is 26.0 Å². The third kappa shape index (κ3) is 4.32. The first kappa shape index (κ1) is 13.8. The average Bonchev–Trinajstić information content (AvgIpc) is 2.22. The summed E-state index contributed by atoms with van der Waals surface area (Å²) in [6.07, 6.45) is 3.03. The molecule has 1 nitrogen and oxygen atoms in total. The fourth-order valence-corrected chi connectivity index (χ4v) is 2.00. The minimum Gasteiger partial charge on any atom is -0.327 e. The monoisotopic (exact) mass is 259 g/mol. The summed E-state index contributed by atoms with van der Waals surface area (Å²) < 4.78 is 0. The van der Waals surface area contributed by atoms with E-state index >= 15 is 0 Å². The lowest BCUT2D eigenvalue weighted by atomic mass is 9.98. The molecule has 0 amide bonds. The lowest BCUT2D eigenvalue weighted by Gasteiger charge is -2.15. The van der Waals surface area contributed by atoms with Crippen LogP contribution in [0.5, 0.6) is 0 Å². The number of rotatable bonds is 5. The molecule has 90 valence electrons. The molecule has 0 heterocycles. The maximum Gasteiger partial charge on any atom is 0.0439 e. The summed E-state index contributed by atoms with van der Waals surface area (Å²) in [7, 11) is 0. The van der Waals surface area contributed by atoms with Gasteiger partial charge in [0, 0.05) is 16.1 Å². The van der Waals surface area contributed by atoms with Crippen molar-refractivity contribution in [2.24, 2.45) is 11.7 Å². The Kier molecular flexibility index (Phi) is 5.60. The van der Waals surface area contributed by atoms with Crippen LogP contribution < -0.4 is 5.73 Å². The number of hydrogen-bond donors (Lipinski definition) is 1. The minimum absolute atomic E-state index is 0.276. The van der Waals surface area contributed by atoms with E-state index in [0.29, 0.717) is 5.92 Å². The lowest BCUT2D eigenvalue weighted by Crippen LogP contribution is -2.26. The smallest absolute Gasteiger partial charge is 0.0439 e. The van der Waals surface area contributed by atoms with E-state index in [0.717, 1.165) is 34.9 Å². The van der Waals surface area contributed by atoms with Crippen LogP contribution in [0, 0.1) is 5.92 Å². The second kappa shape index (κ2) is 6.48. The zero-order valence-electron chi connectivity index (χ0n) is 9.84. The molecule has 0 fully saturated rings. The van der Waals surface area contributed by atoms with E-state index in [-0.39, 0.29) is 6.04 Å². The molecule has 16 heavy (non-hydrogen) atoms. The van der Waals surface area contributed by atoms with Crippen molar-refractivity contribution in [1.82, 2.24) is 0 Å². The first-order valence-electron chi connectivity index (χ1n) is 5.70. The maximum atomic E-state index is 6.08. The highest BCUT2D eigenvalue weighted by atomic mass is 35.5. The molecule has 0 aliphatic rings. The number of hydrogen-bond acceptors (Lipinski definition) is 1. The Bertz CT molecular complexity index is 337. The average molecular weight is 260 g/mol. The molecule has 2 N–H and O–H groups in total. The Morgan fingerprint density at radius 2 is 1.94 bits per heavy atom. The molecule has 0 spiro atoms. The van der Waals surface area contributed by atoms with Gasteiger partial charge < -0.3 is 5.73 Å². The Balaban J connectivity index is 2.45. The highest BCUT2D eigenvalue weighted by molar-refractivity contribution is 6.33. The third-order valence-electron chi connectivity index (χ3n) is 2.85. The van der Waals surface area contributed by atoms with Gasteiger partial charge in [0.15, 0.2) is 0 Å². The molecule has 0 saturated heterocycles. The fraction of sp³-hybridized carbons (Fsp3) is 0.538. The first-order chi connectivity index (χ1) is 7.50. The van der Waals surface area contributed by atoms with Crippen molar-refractivity contribution in [1.29, 1.82) is 0 Å². The minimum atomic E-state index is 0.276. The van der Waals surface area contributed by atoms with Crippen molar-refractivity contribution in [3.8, 4) is 0 Å². The molecule has 0 aliphatic heterocycles. The van der Waals surface area contributed by atoms with Gasteiger partial charge in [-0.15, -0.1) is 0 Å². The Labute approximate surface area is 108 Å². The summed E-state index contributed by atoms with van der Waals surface area (Å²) in [5, 5.41) is 1.54. The van der Waals surface area contributed by atoms with Gasteiger partial charge in [-0.25, -0.2) is 0 Å². The van der Waals surface area contributed by atoms with Gasteiger partial charge in [-0.2, -0.15) is 0 Å². The van der Waals surface area contributed by atoms with Gasteiger partial charge in [-0.3, -0.25) is 0 Å². The number of halogens is 2. The molecule has 1 atom stereocenters. The number of benzene rings is 1. The van der Waals surface area contributed by atoms with Crippen molar-refractivity contribution in [2.75, 3.05) is 0 Å². The van der Waals surface area contributed by atoms with Gasteiger partial charge in [-0.05, 0) is 48.9 Å². The summed E-state index contributed by atoms with van der Waals surface area (Å²) in [6.45, 7) is 4.30. The highest BCUT2D eigenvalue weighted by Gasteiger charge is 2.08. The van der Waals surface area contributed by atoms with Crippen LogP contribution in [0.25, 0.3) is 0 Å². The molecule has 0 bridgehead atoms. The van der Waals surface area contributed by atoms with Crippen molar-refractivity contribution in [3.05, 3.63) is 33.8 Å². The molecule has 1 rings (SSSR count). The van der Waals surface area contributed by atoms with Crippen LogP contribution in [0.4, 0.5) is 0 Å². The van der Waals surface area contributed by atoms with E-state index in [2.05, 4.69) is 13.8 Å². The molecular formula is C13H19Cl2N. The maximum absolute atomic E-state index is 6.08. The van der Waals surface area contributed by atoms with Crippen LogP contribution in [0.2, 0.25) is 10.0 Å². The molecule has 0 radical (unpaired) electrons. The zero-order chi connectivity index (χ0) is 12.1. The fourth-order valence-electron chi connectivity index (χ4n) is 1.60. The standard InChI is InChI=1S/C13H19Cl2N/c1-9(2)13(16)5-3-4-10-8-11(14)6-7-12(10)15/h6-9,13H,3-5,16H2,1-2H3. The second-order valence-corrected chi connectivity index (χ2v) is 5.38. The zero-order valence-corrected chi connectivity index (χ0v) is 11.4. The molecule has 1 unspecified atom stereocenters. The summed E-state index contributed by atoms with van der Waals surface area (Å²) in [5.41, 5.74) is 7.11. The Morgan fingerprint density at radius 3 is 2.56 bits per heavy atom. The highest BCUT2D eigenvalue weighted by Crippen LogP contribution is 2.22. The van der Waals surface area contributed by atoms with Gasteiger partial charge in [0.25, 0.3) is 0 Å². The van der Waals surface area contributed by atoms with Gasteiger partial charge in [0.05, 0.1) is 0 Å². The van der Waals surface area contributed by atoms with E-state index in [1.165, 1.54) is 0 Å². The van der Waals surface area contributed by atoms with Crippen LogP contribution in [0.3, 0.4) is 0 Å². The van der Waals surface area contributed by atoms with Gasteiger partial charge in [0.2, 0.25) is 0 Å². The third-order valence-corrected chi connectivity index (χ3v) is 3.45. The molecule has 1 aromatic carbocycles. The SMILES string of the molecule is CC(C)C(N)CCCc1cc(Cl)ccc1Cl. The van der Waals surface area contributed by atoms with Crippen molar-refractivity contribution in [2.45, 2.75) is 39.2 Å². The summed E-state index contributed by atoms with van der Waals surface area (Å²) in [5.74, 6) is 0.537. The molecule has 0 aromatic heterocycles. The predicted molar refractivity (Wildman–Crippen MR) is 72.2 cm³/mol.